The molecule has 1 aromatic carbocycles. The van der Waals surface area contributed by atoms with Crippen LogP contribution in [-0.4, -0.2) is 24.5 Å². The smallest absolute Gasteiger partial charge is 0.338 e. The predicted octanol–water partition coefficient (Wildman–Crippen LogP) is 2.07. The van der Waals surface area contributed by atoms with Gasteiger partial charge in [0.15, 0.2) is 6.61 Å². The van der Waals surface area contributed by atoms with Gasteiger partial charge in [-0.2, -0.15) is 0 Å². The zero-order valence-electron chi connectivity index (χ0n) is 11.3. The van der Waals surface area contributed by atoms with E-state index in [4.69, 9.17) is 4.74 Å². The lowest BCUT2D eigenvalue weighted by Gasteiger charge is -2.12. The van der Waals surface area contributed by atoms with E-state index in [0.717, 1.165) is 5.56 Å². The lowest BCUT2D eigenvalue weighted by atomic mass is 10.1. The van der Waals surface area contributed by atoms with Gasteiger partial charge in [0.05, 0.1) is 5.56 Å². The quantitative estimate of drug-likeness (QED) is 0.825. The molecule has 0 radical (unpaired) electrons. The molecular formula is C15H19NO3. The van der Waals surface area contributed by atoms with Crippen molar-refractivity contribution in [1.82, 2.24) is 5.32 Å². The van der Waals surface area contributed by atoms with Crippen molar-refractivity contribution in [3.8, 4) is 0 Å². The molecule has 19 heavy (non-hydrogen) atoms. The van der Waals surface area contributed by atoms with Crippen molar-refractivity contribution in [2.24, 2.45) is 5.92 Å². The molecule has 0 spiro atoms. The molecule has 0 saturated heterocycles. The molecule has 0 bridgehead atoms. The standard InChI is InChI=1S/C15H19NO3/c1-10-4-3-5-13(8-10)15(18)19-9-14(17)16-11(2)12-6-7-12/h3-5,8,11-12H,6-7,9H2,1-2H3,(H,16,17)/t11-/m1/s1. The summed E-state index contributed by atoms with van der Waals surface area (Å²) in [6.45, 7) is 3.67. The van der Waals surface area contributed by atoms with E-state index in [1.54, 1.807) is 18.2 Å². The molecule has 102 valence electrons. The minimum atomic E-state index is -0.460. The van der Waals surface area contributed by atoms with Gasteiger partial charge >= 0.3 is 5.97 Å². The summed E-state index contributed by atoms with van der Waals surface area (Å²) in [4.78, 5) is 23.3. The molecule has 1 N–H and O–H groups in total. The van der Waals surface area contributed by atoms with Crippen LogP contribution in [0.15, 0.2) is 24.3 Å². The third-order valence-corrected chi connectivity index (χ3v) is 3.31. The van der Waals surface area contributed by atoms with E-state index in [1.807, 2.05) is 19.9 Å². The van der Waals surface area contributed by atoms with Crippen LogP contribution < -0.4 is 5.32 Å². The normalized spacial score (nSPS) is 15.7. The molecule has 1 aromatic rings. The van der Waals surface area contributed by atoms with E-state index < -0.39 is 5.97 Å². The van der Waals surface area contributed by atoms with E-state index >= 15 is 0 Å². The number of esters is 1. The Kier molecular flexibility index (Phi) is 4.20. The largest absolute Gasteiger partial charge is 0.452 e. The fourth-order valence-corrected chi connectivity index (χ4v) is 2.00. The highest BCUT2D eigenvalue weighted by atomic mass is 16.5. The maximum absolute atomic E-state index is 11.7. The molecule has 0 unspecified atom stereocenters. The van der Waals surface area contributed by atoms with Gasteiger partial charge in [-0.1, -0.05) is 17.7 Å². The van der Waals surface area contributed by atoms with Crippen LogP contribution in [0.4, 0.5) is 0 Å². The molecule has 1 aliphatic carbocycles. The van der Waals surface area contributed by atoms with Crippen LogP contribution in [0.2, 0.25) is 0 Å². The topological polar surface area (TPSA) is 55.4 Å². The number of benzene rings is 1. The van der Waals surface area contributed by atoms with Crippen molar-refractivity contribution >= 4 is 11.9 Å². The average Bonchev–Trinajstić information content (AvgIpc) is 3.20. The van der Waals surface area contributed by atoms with Crippen LogP contribution in [0.3, 0.4) is 0 Å². The van der Waals surface area contributed by atoms with Crippen LogP contribution in [0, 0.1) is 12.8 Å². The lowest BCUT2D eigenvalue weighted by Crippen LogP contribution is -2.37. The van der Waals surface area contributed by atoms with Crippen molar-refractivity contribution in [3.05, 3.63) is 35.4 Å². The van der Waals surface area contributed by atoms with E-state index in [-0.39, 0.29) is 18.6 Å². The van der Waals surface area contributed by atoms with Crippen molar-refractivity contribution in [2.45, 2.75) is 32.7 Å². The first-order valence-corrected chi connectivity index (χ1v) is 6.59. The maximum atomic E-state index is 11.7. The van der Waals surface area contributed by atoms with Crippen molar-refractivity contribution in [3.63, 3.8) is 0 Å². The first-order chi connectivity index (χ1) is 9.06. The summed E-state index contributed by atoms with van der Waals surface area (Å²) in [5, 5.41) is 2.84. The van der Waals surface area contributed by atoms with Gasteiger partial charge in [-0.15, -0.1) is 0 Å². The second-order valence-electron chi connectivity index (χ2n) is 5.14. The third kappa shape index (κ3) is 4.09. The summed E-state index contributed by atoms with van der Waals surface area (Å²) in [6, 6.07) is 7.29. The van der Waals surface area contributed by atoms with Gasteiger partial charge in [0.25, 0.3) is 5.91 Å². The van der Waals surface area contributed by atoms with Gasteiger partial charge in [0.1, 0.15) is 0 Å². The number of hydrogen-bond acceptors (Lipinski definition) is 3. The summed E-state index contributed by atoms with van der Waals surface area (Å²) in [5.41, 5.74) is 1.46. The molecule has 0 aromatic heterocycles. The van der Waals surface area contributed by atoms with Gasteiger partial charge in [0, 0.05) is 6.04 Å². The molecule has 1 fully saturated rings. The summed E-state index contributed by atoms with van der Waals surface area (Å²) in [7, 11) is 0. The first-order valence-electron chi connectivity index (χ1n) is 6.59. The molecule has 4 nitrogen and oxygen atoms in total. The predicted molar refractivity (Wildman–Crippen MR) is 71.8 cm³/mol. The second kappa shape index (κ2) is 5.87. The van der Waals surface area contributed by atoms with Gasteiger partial charge in [-0.25, -0.2) is 4.79 Å². The summed E-state index contributed by atoms with van der Waals surface area (Å²) < 4.78 is 4.99. The Morgan fingerprint density at radius 3 is 2.79 bits per heavy atom. The fraction of sp³-hybridized carbons (Fsp3) is 0.467. The number of rotatable bonds is 5. The Balaban J connectivity index is 1.78. The second-order valence-corrected chi connectivity index (χ2v) is 5.14. The van der Waals surface area contributed by atoms with Gasteiger partial charge in [0.2, 0.25) is 0 Å². The van der Waals surface area contributed by atoms with Gasteiger partial charge in [-0.05, 0) is 44.7 Å². The van der Waals surface area contributed by atoms with Crippen molar-refractivity contribution in [1.29, 1.82) is 0 Å². The van der Waals surface area contributed by atoms with Crippen molar-refractivity contribution in [2.75, 3.05) is 6.61 Å². The Morgan fingerprint density at radius 2 is 2.16 bits per heavy atom. The number of carbonyl (C=O) groups excluding carboxylic acids is 2. The van der Waals surface area contributed by atoms with Crippen LogP contribution in [0.1, 0.15) is 35.7 Å². The number of amides is 1. The maximum Gasteiger partial charge on any atom is 0.338 e. The number of ether oxygens (including phenoxy) is 1. The highest BCUT2D eigenvalue weighted by Crippen LogP contribution is 2.32. The van der Waals surface area contributed by atoms with E-state index in [2.05, 4.69) is 5.32 Å². The SMILES string of the molecule is Cc1cccc(C(=O)OCC(=O)N[C@H](C)C2CC2)c1. The van der Waals surface area contributed by atoms with Crippen molar-refractivity contribution < 1.29 is 14.3 Å². The van der Waals surface area contributed by atoms with Gasteiger partial charge < -0.3 is 10.1 Å². The zero-order valence-corrected chi connectivity index (χ0v) is 11.3. The van der Waals surface area contributed by atoms with E-state index in [9.17, 15) is 9.59 Å². The Labute approximate surface area is 113 Å². The fourth-order valence-electron chi connectivity index (χ4n) is 2.00. The third-order valence-electron chi connectivity index (χ3n) is 3.31. The number of nitrogens with one attached hydrogen (secondary N) is 1. The summed E-state index contributed by atoms with van der Waals surface area (Å²) >= 11 is 0. The van der Waals surface area contributed by atoms with E-state index in [0.29, 0.717) is 11.5 Å². The minimum absolute atomic E-state index is 0.171. The van der Waals surface area contributed by atoms with Crippen LogP contribution in [0.5, 0.6) is 0 Å². The summed E-state index contributed by atoms with van der Waals surface area (Å²) in [6.07, 6.45) is 2.34. The van der Waals surface area contributed by atoms with Gasteiger partial charge in [-0.3, -0.25) is 4.79 Å². The van der Waals surface area contributed by atoms with Crippen LogP contribution >= 0.6 is 0 Å². The number of hydrogen-bond donors (Lipinski definition) is 1. The average molecular weight is 261 g/mol. The Hall–Kier alpha value is -1.84. The Morgan fingerprint density at radius 1 is 1.42 bits per heavy atom. The monoisotopic (exact) mass is 261 g/mol. The molecule has 4 heteroatoms. The molecule has 1 saturated carbocycles. The molecule has 2 rings (SSSR count). The molecule has 1 atom stereocenters. The highest BCUT2D eigenvalue weighted by Gasteiger charge is 2.28. The summed E-state index contributed by atoms with van der Waals surface area (Å²) in [5.74, 6) is -0.102. The zero-order chi connectivity index (χ0) is 13.8. The molecule has 1 aliphatic rings. The molecular weight excluding hydrogens is 242 g/mol. The highest BCUT2D eigenvalue weighted by molar-refractivity contribution is 5.91. The number of carbonyl (C=O) groups is 2. The lowest BCUT2D eigenvalue weighted by molar-refractivity contribution is -0.124. The molecule has 1 amide bonds. The first kappa shape index (κ1) is 13.6. The minimum Gasteiger partial charge on any atom is -0.452 e. The number of aryl methyl sites for hydroxylation is 1. The molecule has 0 aliphatic heterocycles. The van der Waals surface area contributed by atoms with Crippen LogP contribution in [-0.2, 0) is 9.53 Å². The van der Waals surface area contributed by atoms with Crippen LogP contribution in [0.25, 0.3) is 0 Å². The Bertz CT molecular complexity index is 480. The van der Waals surface area contributed by atoms with E-state index in [1.165, 1.54) is 12.8 Å². The molecule has 0 heterocycles.